The summed E-state index contributed by atoms with van der Waals surface area (Å²) in [7, 11) is 0. The molecule has 0 spiro atoms. The standard InChI is InChI=1S/C16H24N2O/c1-12-9-18(10-13(2)19-12)11-15-5-3-4-14-8-17-7-6-16(14)15/h3-5,12-13,17H,6-11H2,1-2H3. The molecule has 0 amide bonds. The molecule has 0 bridgehead atoms. The average Bonchev–Trinajstić information content (AvgIpc) is 2.38. The van der Waals surface area contributed by atoms with Crippen molar-refractivity contribution in [3.8, 4) is 0 Å². The van der Waals surface area contributed by atoms with Crippen molar-refractivity contribution in [2.75, 3.05) is 19.6 Å². The van der Waals surface area contributed by atoms with Crippen LogP contribution in [0.2, 0.25) is 0 Å². The quantitative estimate of drug-likeness (QED) is 0.879. The molecule has 3 rings (SSSR count). The summed E-state index contributed by atoms with van der Waals surface area (Å²) in [5.74, 6) is 0. The van der Waals surface area contributed by atoms with E-state index in [2.05, 4.69) is 42.3 Å². The van der Waals surface area contributed by atoms with E-state index in [-0.39, 0.29) is 0 Å². The largest absolute Gasteiger partial charge is 0.373 e. The predicted molar refractivity (Wildman–Crippen MR) is 77.1 cm³/mol. The highest BCUT2D eigenvalue weighted by molar-refractivity contribution is 5.37. The van der Waals surface area contributed by atoms with Crippen molar-refractivity contribution in [1.82, 2.24) is 10.2 Å². The van der Waals surface area contributed by atoms with Gasteiger partial charge >= 0.3 is 0 Å². The highest BCUT2D eigenvalue weighted by Gasteiger charge is 2.23. The molecule has 1 saturated heterocycles. The van der Waals surface area contributed by atoms with E-state index in [4.69, 9.17) is 4.74 Å². The van der Waals surface area contributed by atoms with E-state index in [1.807, 2.05) is 0 Å². The first kappa shape index (κ1) is 13.1. The van der Waals surface area contributed by atoms with E-state index in [1.54, 1.807) is 5.56 Å². The van der Waals surface area contributed by atoms with Gasteiger partial charge in [-0.1, -0.05) is 18.2 Å². The normalized spacial score (nSPS) is 28.1. The van der Waals surface area contributed by atoms with Gasteiger partial charge in [0.15, 0.2) is 0 Å². The second kappa shape index (κ2) is 5.61. The Labute approximate surface area is 115 Å². The molecular weight excluding hydrogens is 236 g/mol. The molecule has 104 valence electrons. The maximum atomic E-state index is 5.82. The smallest absolute Gasteiger partial charge is 0.0678 e. The lowest BCUT2D eigenvalue weighted by Crippen LogP contribution is -2.45. The number of ether oxygens (including phenoxy) is 1. The van der Waals surface area contributed by atoms with Crippen LogP contribution in [0.1, 0.15) is 30.5 Å². The van der Waals surface area contributed by atoms with Gasteiger partial charge in [0.25, 0.3) is 0 Å². The van der Waals surface area contributed by atoms with Crippen LogP contribution in [0.15, 0.2) is 18.2 Å². The predicted octanol–water partition coefficient (Wildman–Crippen LogP) is 1.94. The van der Waals surface area contributed by atoms with Gasteiger partial charge in [-0.15, -0.1) is 0 Å². The fourth-order valence-electron chi connectivity index (χ4n) is 3.41. The van der Waals surface area contributed by atoms with Gasteiger partial charge in [-0.05, 0) is 43.5 Å². The summed E-state index contributed by atoms with van der Waals surface area (Å²) >= 11 is 0. The molecule has 0 radical (unpaired) electrons. The fraction of sp³-hybridized carbons (Fsp3) is 0.625. The van der Waals surface area contributed by atoms with Crippen molar-refractivity contribution >= 4 is 0 Å². The molecule has 2 aliphatic rings. The Morgan fingerprint density at radius 3 is 2.84 bits per heavy atom. The zero-order valence-corrected chi connectivity index (χ0v) is 12.0. The Hall–Kier alpha value is -0.900. The van der Waals surface area contributed by atoms with Crippen molar-refractivity contribution in [2.45, 2.75) is 45.6 Å². The third-order valence-corrected chi connectivity index (χ3v) is 4.13. The first-order valence-electron chi connectivity index (χ1n) is 7.40. The molecule has 2 unspecified atom stereocenters. The van der Waals surface area contributed by atoms with Gasteiger partial charge in [0, 0.05) is 26.2 Å². The Morgan fingerprint density at radius 2 is 2.05 bits per heavy atom. The summed E-state index contributed by atoms with van der Waals surface area (Å²) in [6, 6.07) is 6.76. The second-order valence-electron chi connectivity index (χ2n) is 5.93. The summed E-state index contributed by atoms with van der Waals surface area (Å²) < 4.78 is 5.82. The minimum absolute atomic E-state index is 0.352. The first-order valence-corrected chi connectivity index (χ1v) is 7.40. The zero-order valence-electron chi connectivity index (χ0n) is 12.0. The van der Waals surface area contributed by atoms with Gasteiger partial charge in [-0.2, -0.15) is 0 Å². The van der Waals surface area contributed by atoms with Gasteiger partial charge in [-0.25, -0.2) is 0 Å². The Kier molecular flexibility index (Phi) is 3.87. The van der Waals surface area contributed by atoms with Gasteiger partial charge in [0.2, 0.25) is 0 Å². The van der Waals surface area contributed by atoms with Crippen molar-refractivity contribution in [2.24, 2.45) is 0 Å². The molecule has 19 heavy (non-hydrogen) atoms. The minimum atomic E-state index is 0.352. The monoisotopic (exact) mass is 260 g/mol. The van der Waals surface area contributed by atoms with E-state index in [1.165, 1.54) is 17.5 Å². The molecule has 0 aliphatic carbocycles. The molecule has 0 saturated carbocycles. The summed E-state index contributed by atoms with van der Waals surface area (Å²) in [5.41, 5.74) is 4.58. The van der Waals surface area contributed by atoms with Crippen LogP contribution < -0.4 is 5.32 Å². The molecule has 3 nitrogen and oxygen atoms in total. The van der Waals surface area contributed by atoms with Gasteiger partial charge in [0.1, 0.15) is 0 Å². The Morgan fingerprint density at radius 1 is 1.26 bits per heavy atom. The van der Waals surface area contributed by atoms with Crippen molar-refractivity contribution in [1.29, 1.82) is 0 Å². The third-order valence-electron chi connectivity index (χ3n) is 4.13. The third kappa shape index (κ3) is 2.99. The second-order valence-corrected chi connectivity index (χ2v) is 5.93. The molecule has 1 fully saturated rings. The van der Waals surface area contributed by atoms with Gasteiger partial charge < -0.3 is 10.1 Å². The van der Waals surface area contributed by atoms with E-state index in [0.29, 0.717) is 12.2 Å². The van der Waals surface area contributed by atoms with E-state index >= 15 is 0 Å². The van der Waals surface area contributed by atoms with Crippen LogP contribution in [0.25, 0.3) is 0 Å². The molecule has 1 aromatic carbocycles. The summed E-state index contributed by atoms with van der Waals surface area (Å²) in [4.78, 5) is 2.54. The molecule has 2 aliphatic heterocycles. The van der Waals surface area contributed by atoms with E-state index < -0.39 is 0 Å². The molecule has 2 atom stereocenters. The average molecular weight is 260 g/mol. The van der Waals surface area contributed by atoms with Crippen molar-refractivity contribution in [3.63, 3.8) is 0 Å². The van der Waals surface area contributed by atoms with Crippen molar-refractivity contribution < 1.29 is 4.74 Å². The maximum absolute atomic E-state index is 5.82. The molecule has 0 aromatic heterocycles. The molecule has 1 N–H and O–H groups in total. The number of nitrogens with one attached hydrogen (secondary N) is 1. The lowest BCUT2D eigenvalue weighted by atomic mass is 9.95. The fourth-order valence-corrected chi connectivity index (χ4v) is 3.41. The Balaban J connectivity index is 1.76. The van der Waals surface area contributed by atoms with E-state index in [0.717, 1.165) is 32.7 Å². The number of fused-ring (bicyclic) bond motifs is 1. The highest BCUT2D eigenvalue weighted by Crippen LogP contribution is 2.22. The number of rotatable bonds is 2. The van der Waals surface area contributed by atoms with E-state index in [9.17, 15) is 0 Å². The zero-order chi connectivity index (χ0) is 13.2. The molecule has 1 aromatic rings. The van der Waals surface area contributed by atoms with Gasteiger partial charge in [-0.3, -0.25) is 4.90 Å². The van der Waals surface area contributed by atoms with Crippen LogP contribution in [0.5, 0.6) is 0 Å². The van der Waals surface area contributed by atoms with Crippen LogP contribution in [-0.2, 0) is 24.2 Å². The number of nitrogens with zero attached hydrogens (tertiary/aromatic N) is 1. The summed E-state index contributed by atoms with van der Waals surface area (Å²) in [6.45, 7) is 9.65. The van der Waals surface area contributed by atoms with Crippen LogP contribution in [-0.4, -0.2) is 36.7 Å². The van der Waals surface area contributed by atoms with Crippen LogP contribution in [0, 0.1) is 0 Å². The summed E-state index contributed by atoms with van der Waals surface area (Å²) in [6.07, 6.45) is 1.87. The Bertz CT molecular complexity index is 436. The lowest BCUT2D eigenvalue weighted by Gasteiger charge is -2.36. The number of benzene rings is 1. The SMILES string of the molecule is CC1CN(Cc2cccc3c2CCNC3)CC(C)O1. The number of hydrogen-bond donors (Lipinski definition) is 1. The molecular formula is C16H24N2O. The highest BCUT2D eigenvalue weighted by atomic mass is 16.5. The van der Waals surface area contributed by atoms with Crippen LogP contribution in [0.3, 0.4) is 0 Å². The first-order chi connectivity index (χ1) is 9.22. The van der Waals surface area contributed by atoms with Crippen molar-refractivity contribution in [3.05, 3.63) is 34.9 Å². The molecule has 2 heterocycles. The van der Waals surface area contributed by atoms with Gasteiger partial charge in [0.05, 0.1) is 12.2 Å². The van der Waals surface area contributed by atoms with Crippen LogP contribution >= 0.6 is 0 Å². The topological polar surface area (TPSA) is 24.5 Å². The number of hydrogen-bond acceptors (Lipinski definition) is 3. The maximum Gasteiger partial charge on any atom is 0.0678 e. The number of morpholine rings is 1. The van der Waals surface area contributed by atoms with Crippen LogP contribution in [0.4, 0.5) is 0 Å². The minimum Gasteiger partial charge on any atom is -0.373 e. The summed E-state index contributed by atoms with van der Waals surface area (Å²) in [5, 5.41) is 3.45. The lowest BCUT2D eigenvalue weighted by molar-refractivity contribution is -0.0705. The molecule has 3 heteroatoms.